The molecular weight excluding hydrogens is 302 g/mol. The summed E-state index contributed by atoms with van der Waals surface area (Å²) in [6, 6.07) is 3.61. The van der Waals surface area contributed by atoms with Crippen LogP contribution in [-0.4, -0.2) is 32.1 Å². The summed E-state index contributed by atoms with van der Waals surface area (Å²) in [5.41, 5.74) is 2.26. The van der Waals surface area contributed by atoms with Gasteiger partial charge in [-0.1, -0.05) is 11.6 Å². The van der Waals surface area contributed by atoms with Crippen LogP contribution in [0.2, 0.25) is 5.02 Å². The molecule has 22 heavy (non-hydrogen) atoms. The zero-order valence-electron chi connectivity index (χ0n) is 12.9. The number of halogens is 1. The molecule has 0 unspecified atom stereocenters. The molecule has 0 bridgehead atoms. The van der Waals surface area contributed by atoms with Crippen LogP contribution in [0.5, 0.6) is 5.75 Å². The van der Waals surface area contributed by atoms with Gasteiger partial charge >= 0.3 is 5.63 Å². The molecule has 1 heterocycles. The molecule has 2 aromatic rings. The van der Waals surface area contributed by atoms with Gasteiger partial charge in [0.2, 0.25) is 0 Å². The molecule has 0 fully saturated rings. The van der Waals surface area contributed by atoms with Gasteiger partial charge in [0, 0.05) is 23.6 Å². The van der Waals surface area contributed by atoms with Gasteiger partial charge in [-0.2, -0.15) is 0 Å². The highest BCUT2D eigenvalue weighted by Gasteiger charge is 2.19. The fraction of sp³-hybridized carbons (Fsp3) is 0.471. The van der Waals surface area contributed by atoms with E-state index < -0.39 is 0 Å². The summed E-state index contributed by atoms with van der Waals surface area (Å²) in [7, 11) is 3.97. The summed E-state index contributed by atoms with van der Waals surface area (Å²) < 4.78 is 11.2. The van der Waals surface area contributed by atoms with Gasteiger partial charge in [0.05, 0.1) is 5.02 Å². The lowest BCUT2D eigenvalue weighted by Crippen LogP contribution is -2.19. The van der Waals surface area contributed by atoms with Gasteiger partial charge in [-0.05, 0) is 51.4 Å². The molecule has 5 heteroatoms. The monoisotopic (exact) mass is 321 g/mol. The third-order valence-corrected chi connectivity index (χ3v) is 4.37. The molecule has 0 atom stereocenters. The maximum atomic E-state index is 12.1. The predicted octanol–water partition coefficient (Wildman–Crippen LogP) is 3.27. The van der Waals surface area contributed by atoms with Crippen LogP contribution in [0.4, 0.5) is 0 Å². The molecular formula is C17H20ClNO3. The van der Waals surface area contributed by atoms with Crippen LogP contribution >= 0.6 is 11.6 Å². The van der Waals surface area contributed by atoms with E-state index in [0.717, 1.165) is 48.7 Å². The van der Waals surface area contributed by atoms with Gasteiger partial charge < -0.3 is 14.1 Å². The van der Waals surface area contributed by atoms with E-state index in [1.807, 2.05) is 25.1 Å². The van der Waals surface area contributed by atoms with Gasteiger partial charge in [0.25, 0.3) is 0 Å². The molecule has 0 saturated heterocycles. The molecule has 118 valence electrons. The second-order valence-corrected chi connectivity index (χ2v) is 6.39. The molecule has 0 spiro atoms. The third-order valence-electron chi connectivity index (χ3n) is 4.07. The Balaban J connectivity index is 2.01. The first-order valence-electron chi connectivity index (χ1n) is 7.62. The molecule has 0 radical (unpaired) electrons. The molecule has 1 aromatic carbocycles. The Bertz CT molecular complexity index is 752. The highest BCUT2D eigenvalue weighted by molar-refractivity contribution is 6.32. The van der Waals surface area contributed by atoms with Crippen molar-refractivity contribution < 1.29 is 9.15 Å². The molecule has 0 saturated carbocycles. The summed E-state index contributed by atoms with van der Waals surface area (Å²) in [5.74, 6) is 0.565. The Hall–Kier alpha value is -1.52. The van der Waals surface area contributed by atoms with Crippen molar-refractivity contribution in [1.82, 2.24) is 4.90 Å². The van der Waals surface area contributed by atoms with Crippen molar-refractivity contribution in [3.8, 4) is 5.75 Å². The van der Waals surface area contributed by atoms with E-state index in [0.29, 0.717) is 23.0 Å². The minimum atomic E-state index is -0.219. The average Bonchev–Trinajstić information content (AvgIpc) is 2.49. The first kappa shape index (κ1) is 15.4. The van der Waals surface area contributed by atoms with Crippen molar-refractivity contribution in [1.29, 1.82) is 0 Å². The summed E-state index contributed by atoms with van der Waals surface area (Å²) in [6.45, 7) is 1.33. The lowest BCUT2D eigenvalue weighted by Gasteiger charge is -2.17. The van der Waals surface area contributed by atoms with Crippen molar-refractivity contribution in [2.24, 2.45) is 0 Å². The van der Waals surface area contributed by atoms with Crippen molar-refractivity contribution in [2.45, 2.75) is 25.7 Å². The smallest absolute Gasteiger partial charge is 0.339 e. The second-order valence-electron chi connectivity index (χ2n) is 5.98. The summed E-state index contributed by atoms with van der Waals surface area (Å²) in [5, 5.41) is 1.51. The van der Waals surface area contributed by atoms with Crippen LogP contribution in [0.15, 0.2) is 21.3 Å². The first-order valence-corrected chi connectivity index (χ1v) is 7.99. The zero-order chi connectivity index (χ0) is 15.7. The number of hydrogen-bond acceptors (Lipinski definition) is 4. The Morgan fingerprint density at radius 2 is 1.95 bits per heavy atom. The van der Waals surface area contributed by atoms with E-state index in [2.05, 4.69) is 0 Å². The number of hydrogen-bond donors (Lipinski definition) is 0. The maximum absolute atomic E-state index is 12.1. The lowest BCUT2D eigenvalue weighted by molar-refractivity contribution is 0.261. The van der Waals surface area contributed by atoms with Crippen LogP contribution in [0.3, 0.4) is 0 Å². The molecule has 1 aliphatic rings. The third kappa shape index (κ3) is 2.99. The van der Waals surface area contributed by atoms with E-state index in [1.165, 1.54) is 0 Å². The predicted molar refractivity (Wildman–Crippen MR) is 88.2 cm³/mol. The highest BCUT2D eigenvalue weighted by atomic mass is 35.5. The number of rotatable bonds is 4. The molecule has 4 nitrogen and oxygen atoms in total. The van der Waals surface area contributed by atoms with Gasteiger partial charge in [0.15, 0.2) is 0 Å². The second kappa shape index (κ2) is 6.31. The number of aryl methyl sites for hydroxylation is 1. The summed E-state index contributed by atoms with van der Waals surface area (Å²) in [6.07, 6.45) is 3.86. The largest absolute Gasteiger partial charge is 0.491 e. The number of ether oxygens (including phenoxy) is 1. The molecule has 1 aromatic heterocycles. The van der Waals surface area contributed by atoms with Crippen LogP contribution in [-0.2, 0) is 12.8 Å². The Morgan fingerprint density at radius 3 is 2.68 bits per heavy atom. The number of likely N-dealkylation sites (N-methyl/N-ethyl adjacent to an activating group) is 1. The highest BCUT2D eigenvalue weighted by Crippen LogP contribution is 2.34. The molecule has 1 aliphatic carbocycles. The average molecular weight is 322 g/mol. The van der Waals surface area contributed by atoms with E-state index >= 15 is 0 Å². The van der Waals surface area contributed by atoms with Crippen molar-refractivity contribution in [3.63, 3.8) is 0 Å². The topological polar surface area (TPSA) is 42.7 Å². The number of nitrogens with zero attached hydrogens (tertiary/aromatic N) is 1. The van der Waals surface area contributed by atoms with Gasteiger partial charge in [0.1, 0.15) is 17.9 Å². The Morgan fingerprint density at radius 1 is 1.23 bits per heavy atom. The lowest BCUT2D eigenvalue weighted by atomic mass is 9.91. The summed E-state index contributed by atoms with van der Waals surface area (Å²) in [4.78, 5) is 14.2. The number of fused-ring (bicyclic) bond motifs is 3. The van der Waals surface area contributed by atoms with Crippen LogP contribution in [0, 0.1) is 0 Å². The van der Waals surface area contributed by atoms with Crippen molar-refractivity contribution in [2.75, 3.05) is 27.2 Å². The van der Waals surface area contributed by atoms with Crippen LogP contribution < -0.4 is 10.4 Å². The van der Waals surface area contributed by atoms with Gasteiger partial charge in [-0.3, -0.25) is 0 Å². The fourth-order valence-electron chi connectivity index (χ4n) is 2.89. The SMILES string of the molecule is CN(C)CCOc1cc2oc(=O)c3c(c2cc1Cl)CCCC3. The number of benzene rings is 1. The van der Waals surface area contributed by atoms with Gasteiger partial charge in [-0.15, -0.1) is 0 Å². The normalized spacial score (nSPS) is 14.4. The first-order chi connectivity index (χ1) is 10.6. The van der Waals surface area contributed by atoms with Crippen LogP contribution in [0.1, 0.15) is 24.0 Å². The van der Waals surface area contributed by atoms with Crippen molar-refractivity contribution >= 4 is 22.6 Å². The van der Waals surface area contributed by atoms with Crippen molar-refractivity contribution in [3.05, 3.63) is 38.7 Å². The van der Waals surface area contributed by atoms with E-state index in [4.69, 9.17) is 20.8 Å². The maximum Gasteiger partial charge on any atom is 0.339 e. The summed E-state index contributed by atoms with van der Waals surface area (Å²) >= 11 is 6.34. The van der Waals surface area contributed by atoms with E-state index in [9.17, 15) is 4.79 Å². The fourth-order valence-corrected chi connectivity index (χ4v) is 3.11. The zero-order valence-corrected chi connectivity index (χ0v) is 13.7. The van der Waals surface area contributed by atoms with E-state index in [1.54, 1.807) is 6.07 Å². The molecule has 0 aliphatic heterocycles. The quantitative estimate of drug-likeness (QED) is 0.811. The minimum Gasteiger partial charge on any atom is -0.491 e. The molecule has 0 amide bonds. The standard InChI is InChI=1S/C17H20ClNO3/c1-19(2)7-8-21-16-10-15-13(9-14(16)18)11-5-3-4-6-12(11)17(20)22-15/h9-10H,3-8H2,1-2H3. The Labute approximate surface area is 134 Å². The van der Waals surface area contributed by atoms with Gasteiger partial charge in [-0.25, -0.2) is 4.79 Å². The van der Waals surface area contributed by atoms with Crippen LogP contribution in [0.25, 0.3) is 11.0 Å². The molecule has 3 rings (SSSR count). The van der Waals surface area contributed by atoms with E-state index in [-0.39, 0.29) is 5.63 Å². The molecule has 0 N–H and O–H groups in total. The minimum absolute atomic E-state index is 0.219. The Kier molecular flexibility index (Phi) is 4.41.